The molecular formula is C16H17N5O4S. The van der Waals surface area contributed by atoms with Crippen LogP contribution in [0.5, 0.6) is 0 Å². The topological polar surface area (TPSA) is 130 Å². The maximum Gasteiger partial charge on any atom is 0.326 e. The number of imidazole rings is 1. The van der Waals surface area contributed by atoms with Crippen LogP contribution in [0.1, 0.15) is 12.2 Å². The Kier molecular flexibility index (Phi) is 4.00. The summed E-state index contributed by atoms with van der Waals surface area (Å²) >= 11 is 0. The monoisotopic (exact) mass is 375 g/mol. The molecule has 0 saturated carbocycles. The minimum atomic E-state index is -3.76. The number of fused-ring (bicyclic) bond motifs is 2. The summed E-state index contributed by atoms with van der Waals surface area (Å²) in [7, 11) is -3.76. The Morgan fingerprint density at radius 1 is 1.27 bits per heavy atom. The fraction of sp³-hybridized carbons (Fsp3) is 0.312. The maximum atomic E-state index is 12.6. The van der Waals surface area contributed by atoms with Gasteiger partial charge >= 0.3 is 5.69 Å². The minimum absolute atomic E-state index is 0.0123. The SMILES string of the molecule is O=c1[nH]c(=O)c2cc(S(=O)(=O)NCC3CCc4nccn4C3)ccc2[nH]1. The molecular weight excluding hydrogens is 358 g/mol. The molecule has 0 aliphatic carbocycles. The van der Waals surface area contributed by atoms with Crippen molar-refractivity contribution >= 4 is 20.9 Å². The first-order valence-corrected chi connectivity index (χ1v) is 9.67. The Bertz CT molecular complexity index is 1190. The molecule has 10 heteroatoms. The molecule has 0 fully saturated rings. The van der Waals surface area contributed by atoms with Crippen LogP contribution in [-0.2, 0) is 23.0 Å². The van der Waals surface area contributed by atoms with Gasteiger partial charge in [-0.05, 0) is 30.5 Å². The lowest BCUT2D eigenvalue weighted by molar-refractivity contribution is 0.363. The van der Waals surface area contributed by atoms with E-state index in [1.54, 1.807) is 6.20 Å². The quantitative estimate of drug-likeness (QED) is 0.589. The van der Waals surface area contributed by atoms with Crippen LogP contribution >= 0.6 is 0 Å². The van der Waals surface area contributed by atoms with Crippen molar-refractivity contribution in [3.05, 3.63) is 57.3 Å². The number of nitrogens with zero attached hydrogens (tertiary/aromatic N) is 2. The molecule has 1 aliphatic heterocycles. The Hall–Kier alpha value is -2.72. The van der Waals surface area contributed by atoms with Crippen LogP contribution in [0.25, 0.3) is 10.9 Å². The van der Waals surface area contributed by atoms with E-state index in [9.17, 15) is 18.0 Å². The number of rotatable bonds is 4. The van der Waals surface area contributed by atoms with E-state index in [0.717, 1.165) is 25.2 Å². The van der Waals surface area contributed by atoms with Crippen LogP contribution in [0.2, 0.25) is 0 Å². The van der Waals surface area contributed by atoms with Crippen LogP contribution in [0.4, 0.5) is 0 Å². The zero-order valence-corrected chi connectivity index (χ0v) is 14.5. The van der Waals surface area contributed by atoms with Crippen LogP contribution in [0, 0.1) is 5.92 Å². The first-order valence-electron chi connectivity index (χ1n) is 8.18. The maximum absolute atomic E-state index is 12.6. The Labute approximate surface area is 148 Å². The predicted molar refractivity (Wildman–Crippen MR) is 94.4 cm³/mol. The van der Waals surface area contributed by atoms with Crippen molar-refractivity contribution in [3.63, 3.8) is 0 Å². The lowest BCUT2D eigenvalue weighted by Gasteiger charge is -2.23. The smallest absolute Gasteiger partial charge is 0.326 e. The molecule has 0 saturated heterocycles. The van der Waals surface area contributed by atoms with Gasteiger partial charge in [0.1, 0.15) is 5.82 Å². The molecule has 0 bridgehead atoms. The van der Waals surface area contributed by atoms with Crippen molar-refractivity contribution in [2.45, 2.75) is 24.3 Å². The fourth-order valence-corrected chi connectivity index (χ4v) is 4.37. The third kappa shape index (κ3) is 3.08. The molecule has 1 atom stereocenters. The number of aryl methyl sites for hydroxylation is 1. The molecule has 26 heavy (non-hydrogen) atoms. The molecule has 1 aliphatic rings. The lowest BCUT2D eigenvalue weighted by Crippen LogP contribution is -2.33. The minimum Gasteiger partial charge on any atom is -0.335 e. The highest BCUT2D eigenvalue weighted by Gasteiger charge is 2.22. The van der Waals surface area contributed by atoms with Crippen LogP contribution in [-0.4, -0.2) is 34.5 Å². The van der Waals surface area contributed by atoms with E-state index in [2.05, 4.69) is 19.7 Å². The lowest BCUT2D eigenvalue weighted by atomic mass is 10.00. The van der Waals surface area contributed by atoms with E-state index in [1.807, 2.05) is 10.8 Å². The first kappa shape index (κ1) is 16.7. The number of aromatic nitrogens is 4. The second-order valence-electron chi connectivity index (χ2n) is 6.37. The van der Waals surface area contributed by atoms with Crippen molar-refractivity contribution < 1.29 is 8.42 Å². The van der Waals surface area contributed by atoms with Gasteiger partial charge < -0.3 is 9.55 Å². The largest absolute Gasteiger partial charge is 0.335 e. The average Bonchev–Trinajstić information content (AvgIpc) is 3.07. The van der Waals surface area contributed by atoms with Gasteiger partial charge in [-0.15, -0.1) is 0 Å². The highest BCUT2D eigenvalue weighted by molar-refractivity contribution is 7.89. The van der Waals surface area contributed by atoms with Crippen LogP contribution < -0.4 is 16.0 Å². The molecule has 0 amide bonds. The van der Waals surface area contributed by atoms with E-state index in [1.165, 1.54) is 18.2 Å². The highest BCUT2D eigenvalue weighted by atomic mass is 32.2. The van der Waals surface area contributed by atoms with Gasteiger partial charge in [-0.2, -0.15) is 0 Å². The third-order valence-electron chi connectivity index (χ3n) is 4.62. The van der Waals surface area contributed by atoms with E-state index < -0.39 is 21.3 Å². The van der Waals surface area contributed by atoms with Gasteiger partial charge in [0.15, 0.2) is 0 Å². The van der Waals surface area contributed by atoms with Crippen molar-refractivity contribution in [2.24, 2.45) is 5.92 Å². The van der Waals surface area contributed by atoms with Crippen molar-refractivity contribution in [1.29, 1.82) is 0 Å². The molecule has 3 heterocycles. The van der Waals surface area contributed by atoms with Gasteiger partial charge in [0.05, 0.1) is 15.8 Å². The number of aromatic amines is 2. The summed E-state index contributed by atoms with van der Waals surface area (Å²) in [6.07, 6.45) is 5.32. The number of H-pyrrole nitrogens is 2. The number of hydrogen-bond donors (Lipinski definition) is 3. The van der Waals surface area contributed by atoms with Crippen LogP contribution in [0.15, 0.2) is 45.1 Å². The third-order valence-corrected chi connectivity index (χ3v) is 6.04. The zero-order valence-electron chi connectivity index (χ0n) is 13.7. The first-order chi connectivity index (χ1) is 12.4. The molecule has 1 unspecified atom stereocenters. The average molecular weight is 375 g/mol. The second kappa shape index (κ2) is 6.22. The summed E-state index contributed by atoms with van der Waals surface area (Å²) in [5.41, 5.74) is -0.967. The summed E-state index contributed by atoms with van der Waals surface area (Å²) in [5, 5.41) is 0.119. The van der Waals surface area contributed by atoms with Crippen molar-refractivity contribution in [3.8, 4) is 0 Å². The summed E-state index contributed by atoms with van der Waals surface area (Å²) in [6, 6.07) is 4.05. The molecule has 136 valence electrons. The van der Waals surface area contributed by atoms with Gasteiger partial charge in [0, 0.05) is 31.9 Å². The summed E-state index contributed by atoms with van der Waals surface area (Å²) < 4.78 is 29.8. The second-order valence-corrected chi connectivity index (χ2v) is 8.14. The Morgan fingerprint density at radius 2 is 2.12 bits per heavy atom. The number of hydrogen-bond acceptors (Lipinski definition) is 5. The number of sulfonamides is 1. The molecule has 4 rings (SSSR count). The molecule has 3 N–H and O–H groups in total. The van der Waals surface area contributed by atoms with E-state index >= 15 is 0 Å². The van der Waals surface area contributed by atoms with Gasteiger partial charge in [0.25, 0.3) is 5.56 Å². The normalized spacial score (nSPS) is 17.3. The van der Waals surface area contributed by atoms with Gasteiger partial charge in [-0.3, -0.25) is 9.78 Å². The molecule has 3 aromatic rings. The summed E-state index contributed by atoms with van der Waals surface area (Å²) in [6.45, 7) is 1.02. The molecule has 0 spiro atoms. The standard InChI is InChI=1S/C16H17N5O4S/c22-15-12-7-11(2-3-13(12)19-16(23)20-15)26(24,25)18-8-10-1-4-14-17-5-6-21(14)9-10/h2-3,5-7,10,18H,1,4,8-9H2,(H2,19,20,22,23). The van der Waals surface area contributed by atoms with Gasteiger partial charge in [-0.1, -0.05) is 0 Å². The fourth-order valence-electron chi connectivity index (χ4n) is 3.23. The van der Waals surface area contributed by atoms with Crippen molar-refractivity contribution in [2.75, 3.05) is 6.54 Å². The van der Waals surface area contributed by atoms with Crippen molar-refractivity contribution in [1.82, 2.24) is 24.2 Å². The van der Waals surface area contributed by atoms with E-state index in [-0.39, 0.29) is 21.7 Å². The van der Waals surface area contributed by atoms with Gasteiger partial charge in [-0.25, -0.2) is 22.9 Å². The van der Waals surface area contributed by atoms with Crippen LogP contribution in [0.3, 0.4) is 0 Å². The highest BCUT2D eigenvalue weighted by Crippen LogP contribution is 2.19. The molecule has 2 aromatic heterocycles. The van der Waals surface area contributed by atoms with Gasteiger partial charge in [0.2, 0.25) is 10.0 Å². The summed E-state index contributed by atoms with van der Waals surface area (Å²) in [4.78, 5) is 32.0. The Morgan fingerprint density at radius 3 is 2.96 bits per heavy atom. The molecule has 1 aromatic carbocycles. The molecule has 9 nitrogen and oxygen atoms in total. The molecule has 0 radical (unpaired) electrons. The van der Waals surface area contributed by atoms with E-state index in [4.69, 9.17) is 0 Å². The predicted octanol–water partition coefficient (Wildman–Crippen LogP) is -0.0462. The number of nitrogens with one attached hydrogen (secondary N) is 3. The zero-order chi connectivity index (χ0) is 18.3. The van der Waals surface area contributed by atoms with E-state index in [0.29, 0.717) is 6.54 Å². The number of benzene rings is 1. The Balaban J connectivity index is 1.54. The summed E-state index contributed by atoms with van der Waals surface area (Å²) in [5.74, 6) is 1.19.